The van der Waals surface area contributed by atoms with Crippen LogP contribution < -0.4 is 5.73 Å². The Morgan fingerprint density at radius 1 is 1.20 bits per heavy atom. The SMILES string of the molecule is NC(Cc1ccccc1)C(=O)N1CCCC2CCCC21. The first kappa shape index (κ1) is 13.6. The van der Waals surface area contributed by atoms with Gasteiger partial charge in [0.15, 0.2) is 0 Å². The summed E-state index contributed by atoms with van der Waals surface area (Å²) in [6.45, 7) is 0.905. The molecule has 0 bridgehead atoms. The summed E-state index contributed by atoms with van der Waals surface area (Å²) in [4.78, 5) is 14.7. The number of rotatable bonds is 3. The van der Waals surface area contributed by atoms with Crippen LogP contribution in [-0.4, -0.2) is 29.4 Å². The van der Waals surface area contributed by atoms with Gasteiger partial charge in [0, 0.05) is 12.6 Å². The molecule has 1 saturated carbocycles. The van der Waals surface area contributed by atoms with Gasteiger partial charge in [0.25, 0.3) is 0 Å². The van der Waals surface area contributed by atoms with Crippen molar-refractivity contribution in [2.75, 3.05) is 6.54 Å². The lowest BCUT2D eigenvalue weighted by Gasteiger charge is -2.39. The Bertz CT molecular complexity index is 459. The summed E-state index contributed by atoms with van der Waals surface area (Å²) >= 11 is 0. The van der Waals surface area contributed by atoms with Crippen LogP contribution in [0, 0.1) is 5.92 Å². The lowest BCUT2D eigenvalue weighted by atomic mass is 9.91. The zero-order valence-electron chi connectivity index (χ0n) is 12.0. The minimum Gasteiger partial charge on any atom is -0.338 e. The molecule has 2 N–H and O–H groups in total. The number of hydrogen-bond donors (Lipinski definition) is 1. The fraction of sp³-hybridized carbons (Fsp3) is 0.588. The molecule has 1 aromatic carbocycles. The van der Waals surface area contributed by atoms with Crippen LogP contribution in [0.15, 0.2) is 30.3 Å². The summed E-state index contributed by atoms with van der Waals surface area (Å²) in [7, 11) is 0. The van der Waals surface area contributed by atoms with Gasteiger partial charge in [-0.15, -0.1) is 0 Å². The number of amides is 1. The van der Waals surface area contributed by atoms with Gasteiger partial charge in [-0.25, -0.2) is 0 Å². The van der Waals surface area contributed by atoms with E-state index in [1.807, 2.05) is 30.3 Å². The normalized spacial score (nSPS) is 27.1. The first-order valence-corrected chi connectivity index (χ1v) is 7.85. The van der Waals surface area contributed by atoms with Crippen LogP contribution in [-0.2, 0) is 11.2 Å². The number of nitrogens with two attached hydrogens (primary N) is 1. The number of piperidine rings is 1. The molecule has 1 heterocycles. The highest BCUT2D eigenvalue weighted by Crippen LogP contribution is 2.36. The second kappa shape index (κ2) is 5.96. The van der Waals surface area contributed by atoms with Crippen LogP contribution in [0.2, 0.25) is 0 Å². The highest BCUT2D eigenvalue weighted by atomic mass is 16.2. The molecule has 2 aliphatic rings. The molecule has 3 rings (SSSR count). The quantitative estimate of drug-likeness (QED) is 0.918. The van der Waals surface area contributed by atoms with Crippen molar-refractivity contribution in [2.24, 2.45) is 11.7 Å². The monoisotopic (exact) mass is 272 g/mol. The van der Waals surface area contributed by atoms with Crippen molar-refractivity contribution in [1.82, 2.24) is 4.90 Å². The minimum absolute atomic E-state index is 0.158. The Labute approximate surface area is 121 Å². The summed E-state index contributed by atoms with van der Waals surface area (Å²) < 4.78 is 0. The van der Waals surface area contributed by atoms with Crippen molar-refractivity contribution in [3.8, 4) is 0 Å². The second-order valence-electron chi connectivity index (χ2n) is 6.23. The van der Waals surface area contributed by atoms with Crippen LogP contribution in [0.4, 0.5) is 0 Å². The molecule has 1 saturated heterocycles. The molecule has 2 fully saturated rings. The number of fused-ring (bicyclic) bond motifs is 1. The van der Waals surface area contributed by atoms with Crippen molar-refractivity contribution in [3.63, 3.8) is 0 Å². The van der Waals surface area contributed by atoms with Gasteiger partial charge in [-0.1, -0.05) is 36.8 Å². The van der Waals surface area contributed by atoms with Crippen LogP contribution in [0.3, 0.4) is 0 Å². The summed E-state index contributed by atoms with van der Waals surface area (Å²) in [5, 5.41) is 0. The topological polar surface area (TPSA) is 46.3 Å². The van der Waals surface area contributed by atoms with E-state index < -0.39 is 6.04 Å². The molecule has 1 amide bonds. The first-order valence-electron chi connectivity index (χ1n) is 7.85. The number of benzene rings is 1. The number of likely N-dealkylation sites (tertiary alicyclic amines) is 1. The van der Waals surface area contributed by atoms with E-state index >= 15 is 0 Å². The molecule has 1 aliphatic heterocycles. The third-order valence-electron chi connectivity index (χ3n) is 4.89. The molecule has 0 aromatic heterocycles. The van der Waals surface area contributed by atoms with E-state index in [9.17, 15) is 4.79 Å². The smallest absolute Gasteiger partial charge is 0.240 e. The Morgan fingerprint density at radius 3 is 2.75 bits per heavy atom. The number of nitrogens with zero attached hydrogens (tertiary/aromatic N) is 1. The molecule has 1 aromatic rings. The summed E-state index contributed by atoms with van der Waals surface area (Å²) in [6, 6.07) is 10.2. The van der Waals surface area contributed by atoms with Crippen molar-refractivity contribution in [3.05, 3.63) is 35.9 Å². The highest BCUT2D eigenvalue weighted by Gasteiger charge is 2.38. The van der Waals surface area contributed by atoms with Gasteiger partial charge >= 0.3 is 0 Å². The van der Waals surface area contributed by atoms with Crippen LogP contribution in [0.1, 0.15) is 37.7 Å². The zero-order chi connectivity index (χ0) is 13.9. The predicted molar refractivity (Wildman–Crippen MR) is 80.2 cm³/mol. The molecule has 108 valence electrons. The maximum absolute atomic E-state index is 12.6. The molecule has 1 aliphatic carbocycles. The van der Waals surface area contributed by atoms with E-state index in [0.717, 1.165) is 24.4 Å². The van der Waals surface area contributed by atoms with Crippen LogP contribution in [0.25, 0.3) is 0 Å². The molecule has 0 radical (unpaired) electrons. The molecule has 3 atom stereocenters. The highest BCUT2D eigenvalue weighted by molar-refractivity contribution is 5.82. The van der Waals surface area contributed by atoms with Gasteiger partial charge in [-0.05, 0) is 43.6 Å². The fourth-order valence-electron chi connectivity index (χ4n) is 3.90. The van der Waals surface area contributed by atoms with Gasteiger partial charge in [0.05, 0.1) is 6.04 Å². The summed E-state index contributed by atoms with van der Waals surface area (Å²) in [6.07, 6.45) is 6.82. The third-order valence-corrected chi connectivity index (χ3v) is 4.89. The summed E-state index contributed by atoms with van der Waals surface area (Å²) in [5.41, 5.74) is 7.32. The Hall–Kier alpha value is -1.35. The Kier molecular flexibility index (Phi) is 4.06. The molecule has 20 heavy (non-hydrogen) atoms. The van der Waals surface area contributed by atoms with Crippen LogP contribution >= 0.6 is 0 Å². The lowest BCUT2D eigenvalue weighted by Crippen LogP contribution is -2.52. The Balaban J connectivity index is 1.65. The number of carbonyl (C=O) groups is 1. The van der Waals surface area contributed by atoms with E-state index in [-0.39, 0.29) is 5.91 Å². The average molecular weight is 272 g/mol. The van der Waals surface area contributed by atoms with Crippen molar-refractivity contribution in [2.45, 2.75) is 50.6 Å². The van der Waals surface area contributed by atoms with Crippen molar-refractivity contribution in [1.29, 1.82) is 0 Å². The molecular weight excluding hydrogens is 248 g/mol. The second-order valence-corrected chi connectivity index (χ2v) is 6.23. The molecule has 0 spiro atoms. The van der Waals surface area contributed by atoms with E-state index in [1.165, 1.54) is 25.7 Å². The fourth-order valence-corrected chi connectivity index (χ4v) is 3.90. The zero-order valence-corrected chi connectivity index (χ0v) is 12.0. The van der Waals surface area contributed by atoms with E-state index in [4.69, 9.17) is 5.73 Å². The minimum atomic E-state index is -0.392. The van der Waals surface area contributed by atoms with Crippen molar-refractivity contribution >= 4 is 5.91 Å². The average Bonchev–Trinajstić information content (AvgIpc) is 2.96. The van der Waals surface area contributed by atoms with Gasteiger partial charge in [-0.3, -0.25) is 4.79 Å². The molecular formula is C17H24N2O. The standard InChI is InChI=1S/C17H24N2O/c18-15(12-13-6-2-1-3-7-13)17(20)19-11-5-9-14-8-4-10-16(14)19/h1-3,6-7,14-16H,4-5,8-12,18H2. The third kappa shape index (κ3) is 2.73. The predicted octanol–water partition coefficient (Wildman–Crippen LogP) is 2.35. The van der Waals surface area contributed by atoms with E-state index in [0.29, 0.717) is 12.5 Å². The van der Waals surface area contributed by atoms with E-state index in [1.54, 1.807) is 0 Å². The number of hydrogen-bond acceptors (Lipinski definition) is 2. The van der Waals surface area contributed by atoms with E-state index in [2.05, 4.69) is 4.90 Å². The largest absolute Gasteiger partial charge is 0.338 e. The molecule has 3 unspecified atom stereocenters. The van der Waals surface area contributed by atoms with Crippen molar-refractivity contribution < 1.29 is 4.79 Å². The lowest BCUT2D eigenvalue weighted by molar-refractivity contribution is -0.137. The number of carbonyl (C=O) groups excluding carboxylic acids is 1. The summed E-state index contributed by atoms with van der Waals surface area (Å²) in [5.74, 6) is 0.891. The maximum Gasteiger partial charge on any atom is 0.240 e. The maximum atomic E-state index is 12.6. The van der Waals surface area contributed by atoms with Gasteiger partial charge in [-0.2, -0.15) is 0 Å². The first-order chi connectivity index (χ1) is 9.75. The Morgan fingerprint density at radius 2 is 1.95 bits per heavy atom. The van der Waals surface area contributed by atoms with Crippen LogP contribution in [0.5, 0.6) is 0 Å². The van der Waals surface area contributed by atoms with Gasteiger partial charge in [0.2, 0.25) is 5.91 Å². The van der Waals surface area contributed by atoms with Gasteiger partial charge < -0.3 is 10.6 Å². The molecule has 3 nitrogen and oxygen atoms in total. The van der Waals surface area contributed by atoms with Gasteiger partial charge in [0.1, 0.15) is 0 Å². The molecule has 3 heteroatoms.